The predicted octanol–water partition coefficient (Wildman–Crippen LogP) is 3.20. The molecular formula is C22H26BrN3O2. The number of hydrogen-bond acceptors (Lipinski definition) is 4. The highest BCUT2D eigenvalue weighted by molar-refractivity contribution is 9.10. The Hall–Kier alpha value is -2.18. The number of carbonyl (C=O) groups excluding carboxylic acids is 2. The molecule has 2 atom stereocenters. The summed E-state index contributed by atoms with van der Waals surface area (Å²) >= 11 is 3.47. The number of amides is 1. The summed E-state index contributed by atoms with van der Waals surface area (Å²) in [4.78, 5) is 28.6. The fourth-order valence-corrected chi connectivity index (χ4v) is 3.66. The summed E-state index contributed by atoms with van der Waals surface area (Å²) in [6, 6.07) is 17.3. The molecule has 5 nitrogen and oxygen atoms in total. The van der Waals surface area contributed by atoms with E-state index in [1.54, 1.807) is 12.1 Å². The highest BCUT2D eigenvalue weighted by atomic mass is 79.9. The molecule has 28 heavy (non-hydrogen) atoms. The Bertz CT molecular complexity index is 774. The van der Waals surface area contributed by atoms with Crippen molar-refractivity contribution in [3.8, 4) is 0 Å². The zero-order chi connectivity index (χ0) is 19.9. The van der Waals surface area contributed by atoms with E-state index in [0.717, 1.165) is 36.9 Å². The molecule has 0 aromatic heterocycles. The fourth-order valence-electron chi connectivity index (χ4n) is 3.40. The second-order valence-electron chi connectivity index (χ2n) is 7.21. The van der Waals surface area contributed by atoms with Gasteiger partial charge in [0, 0.05) is 54.4 Å². The molecule has 0 aliphatic carbocycles. The van der Waals surface area contributed by atoms with Crippen LogP contribution in [0, 0.1) is 5.92 Å². The smallest absolute Gasteiger partial charge is 0.251 e. The van der Waals surface area contributed by atoms with E-state index in [-0.39, 0.29) is 17.9 Å². The van der Waals surface area contributed by atoms with Crippen molar-refractivity contribution in [3.05, 3.63) is 64.6 Å². The second-order valence-corrected chi connectivity index (χ2v) is 8.12. The molecule has 148 valence electrons. The van der Waals surface area contributed by atoms with E-state index in [2.05, 4.69) is 55.3 Å². The molecule has 1 saturated heterocycles. The highest BCUT2D eigenvalue weighted by Gasteiger charge is 2.25. The Morgan fingerprint density at radius 3 is 2.32 bits per heavy atom. The van der Waals surface area contributed by atoms with Crippen LogP contribution in [-0.4, -0.2) is 55.9 Å². The summed E-state index contributed by atoms with van der Waals surface area (Å²) in [6.07, 6.45) is 0.925. The average Bonchev–Trinajstić information content (AvgIpc) is 2.74. The van der Waals surface area contributed by atoms with Gasteiger partial charge in [0.15, 0.2) is 0 Å². The number of nitrogens with one attached hydrogen (secondary N) is 1. The topological polar surface area (TPSA) is 52.7 Å². The van der Waals surface area contributed by atoms with E-state index in [1.807, 2.05) is 25.1 Å². The van der Waals surface area contributed by atoms with Gasteiger partial charge in [-0.3, -0.25) is 9.69 Å². The van der Waals surface area contributed by atoms with Gasteiger partial charge in [-0.1, -0.05) is 41.1 Å². The van der Waals surface area contributed by atoms with Crippen molar-refractivity contribution in [1.29, 1.82) is 0 Å². The Morgan fingerprint density at radius 1 is 1.07 bits per heavy atom. The van der Waals surface area contributed by atoms with Gasteiger partial charge in [-0.2, -0.15) is 0 Å². The summed E-state index contributed by atoms with van der Waals surface area (Å²) < 4.78 is 1.08. The lowest BCUT2D eigenvalue weighted by molar-refractivity contribution is -0.111. The minimum atomic E-state index is -0.239. The third kappa shape index (κ3) is 5.42. The zero-order valence-electron chi connectivity index (χ0n) is 16.1. The molecule has 1 aliphatic heterocycles. The largest absolute Gasteiger partial charge is 0.369 e. The van der Waals surface area contributed by atoms with Gasteiger partial charge in [0.25, 0.3) is 5.91 Å². The fraction of sp³-hybridized carbons (Fsp3) is 0.364. The third-order valence-electron chi connectivity index (χ3n) is 5.22. The van der Waals surface area contributed by atoms with Crippen LogP contribution in [0.25, 0.3) is 0 Å². The number of aldehydes is 1. The van der Waals surface area contributed by atoms with Crippen LogP contribution >= 0.6 is 15.9 Å². The van der Waals surface area contributed by atoms with E-state index in [4.69, 9.17) is 0 Å². The molecule has 2 aromatic carbocycles. The van der Waals surface area contributed by atoms with Crippen molar-refractivity contribution in [2.75, 3.05) is 37.6 Å². The van der Waals surface area contributed by atoms with Gasteiger partial charge in [-0.25, -0.2) is 0 Å². The molecule has 1 amide bonds. The first-order valence-corrected chi connectivity index (χ1v) is 10.4. The number of anilines is 1. The number of piperazine rings is 1. The number of rotatable bonds is 7. The summed E-state index contributed by atoms with van der Waals surface area (Å²) in [5.41, 5.74) is 1.84. The Labute approximate surface area is 174 Å². The van der Waals surface area contributed by atoms with Crippen molar-refractivity contribution in [2.24, 2.45) is 5.92 Å². The predicted molar refractivity (Wildman–Crippen MR) is 116 cm³/mol. The molecule has 2 unspecified atom stereocenters. The molecule has 2 aromatic rings. The Kier molecular flexibility index (Phi) is 7.23. The van der Waals surface area contributed by atoms with E-state index in [1.165, 1.54) is 5.69 Å². The maximum Gasteiger partial charge on any atom is 0.251 e. The lowest BCUT2D eigenvalue weighted by Gasteiger charge is -2.38. The number of carbonyl (C=O) groups is 2. The summed E-state index contributed by atoms with van der Waals surface area (Å²) in [5, 5.41) is 3.05. The SMILES string of the molecule is CC(C=O)C(CN1CCN(c2ccc(Br)cc2)CC1)NC(=O)c1ccccc1. The molecule has 1 aliphatic rings. The molecular weight excluding hydrogens is 418 g/mol. The molecule has 0 bridgehead atoms. The first kappa shape index (κ1) is 20.6. The Balaban J connectivity index is 1.57. The normalized spacial score (nSPS) is 17.0. The number of hydrogen-bond donors (Lipinski definition) is 1. The van der Waals surface area contributed by atoms with Crippen LogP contribution in [0.3, 0.4) is 0 Å². The molecule has 3 rings (SSSR count). The highest BCUT2D eigenvalue weighted by Crippen LogP contribution is 2.20. The standard InChI is InChI=1S/C22H26BrN3O2/c1-17(16-27)21(24-22(28)18-5-3-2-4-6-18)15-25-11-13-26(14-12-25)20-9-7-19(23)8-10-20/h2-10,16-17,21H,11-15H2,1H3,(H,24,28). The van der Waals surface area contributed by atoms with Crippen molar-refractivity contribution in [1.82, 2.24) is 10.2 Å². The molecule has 6 heteroatoms. The molecule has 1 heterocycles. The summed E-state index contributed by atoms with van der Waals surface area (Å²) in [6.45, 7) is 6.19. The van der Waals surface area contributed by atoms with Gasteiger partial charge in [0.05, 0.1) is 6.04 Å². The Morgan fingerprint density at radius 2 is 1.71 bits per heavy atom. The zero-order valence-corrected chi connectivity index (χ0v) is 17.6. The van der Waals surface area contributed by atoms with Crippen molar-refractivity contribution >= 4 is 33.8 Å². The second kappa shape index (κ2) is 9.85. The number of benzene rings is 2. The lowest BCUT2D eigenvalue weighted by atomic mass is 10.0. The van der Waals surface area contributed by atoms with Gasteiger partial charge < -0.3 is 15.0 Å². The van der Waals surface area contributed by atoms with Gasteiger partial charge in [-0.15, -0.1) is 0 Å². The van der Waals surface area contributed by atoms with Gasteiger partial charge in [0.1, 0.15) is 6.29 Å². The van der Waals surface area contributed by atoms with Crippen LogP contribution in [0.1, 0.15) is 17.3 Å². The van der Waals surface area contributed by atoms with E-state index >= 15 is 0 Å². The first-order chi connectivity index (χ1) is 13.6. The molecule has 1 N–H and O–H groups in total. The molecule has 0 spiro atoms. The average molecular weight is 444 g/mol. The summed E-state index contributed by atoms with van der Waals surface area (Å²) in [5.74, 6) is -0.370. The molecule has 0 saturated carbocycles. The van der Waals surface area contributed by atoms with E-state index < -0.39 is 0 Å². The van der Waals surface area contributed by atoms with Crippen LogP contribution in [0.15, 0.2) is 59.1 Å². The lowest BCUT2D eigenvalue weighted by Crippen LogP contribution is -2.53. The summed E-state index contributed by atoms with van der Waals surface area (Å²) in [7, 11) is 0. The number of nitrogens with zero attached hydrogens (tertiary/aromatic N) is 2. The quantitative estimate of drug-likeness (QED) is 0.667. The van der Waals surface area contributed by atoms with Gasteiger partial charge >= 0.3 is 0 Å². The maximum atomic E-state index is 12.5. The van der Waals surface area contributed by atoms with Crippen LogP contribution in [-0.2, 0) is 4.79 Å². The van der Waals surface area contributed by atoms with Crippen molar-refractivity contribution < 1.29 is 9.59 Å². The minimum Gasteiger partial charge on any atom is -0.369 e. The van der Waals surface area contributed by atoms with Crippen LogP contribution < -0.4 is 10.2 Å². The van der Waals surface area contributed by atoms with Gasteiger partial charge in [0.2, 0.25) is 0 Å². The molecule has 1 fully saturated rings. The van der Waals surface area contributed by atoms with Crippen LogP contribution in [0.2, 0.25) is 0 Å². The van der Waals surface area contributed by atoms with Crippen molar-refractivity contribution in [2.45, 2.75) is 13.0 Å². The monoisotopic (exact) mass is 443 g/mol. The van der Waals surface area contributed by atoms with Crippen LogP contribution in [0.4, 0.5) is 5.69 Å². The minimum absolute atomic E-state index is 0.132. The van der Waals surface area contributed by atoms with Crippen molar-refractivity contribution in [3.63, 3.8) is 0 Å². The van der Waals surface area contributed by atoms with Crippen LogP contribution in [0.5, 0.6) is 0 Å². The van der Waals surface area contributed by atoms with E-state index in [0.29, 0.717) is 12.1 Å². The molecule has 0 radical (unpaired) electrons. The number of halogens is 1. The first-order valence-electron chi connectivity index (χ1n) is 9.61. The maximum absolute atomic E-state index is 12.5. The van der Waals surface area contributed by atoms with Gasteiger partial charge in [-0.05, 0) is 36.4 Å². The third-order valence-corrected chi connectivity index (χ3v) is 5.75. The van der Waals surface area contributed by atoms with E-state index in [9.17, 15) is 9.59 Å².